The molecular formula is C13H20N2OS. The number of ether oxygens (including phenoxy) is 1. The van der Waals surface area contributed by atoms with Crippen LogP contribution in [0.15, 0.2) is 18.2 Å². The zero-order chi connectivity index (χ0) is 12.3. The zero-order valence-electron chi connectivity index (χ0n) is 10.4. The van der Waals surface area contributed by atoms with Crippen molar-refractivity contribution >= 4 is 23.1 Å². The summed E-state index contributed by atoms with van der Waals surface area (Å²) in [4.78, 5) is 0. The lowest BCUT2D eigenvalue weighted by Crippen LogP contribution is -2.18. The molecule has 1 unspecified atom stereocenters. The SMILES string of the molecule is CC(C)Oc1cc(NC2CCSC2)ccc1N. The average Bonchev–Trinajstić information content (AvgIpc) is 2.75. The lowest BCUT2D eigenvalue weighted by molar-refractivity contribution is 0.244. The van der Waals surface area contributed by atoms with E-state index in [1.807, 2.05) is 43.8 Å². The Morgan fingerprint density at radius 3 is 2.94 bits per heavy atom. The van der Waals surface area contributed by atoms with Crippen LogP contribution in [0.1, 0.15) is 20.3 Å². The number of benzene rings is 1. The lowest BCUT2D eigenvalue weighted by Gasteiger charge is -2.16. The van der Waals surface area contributed by atoms with Crippen LogP contribution in [0, 0.1) is 0 Å². The van der Waals surface area contributed by atoms with Crippen LogP contribution in [-0.2, 0) is 0 Å². The molecular weight excluding hydrogens is 232 g/mol. The molecule has 0 spiro atoms. The van der Waals surface area contributed by atoms with Crippen molar-refractivity contribution in [1.82, 2.24) is 0 Å². The maximum Gasteiger partial charge on any atom is 0.144 e. The van der Waals surface area contributed by atoms with Crippen molar-refractivity contribution in [1.29, 1.82) is 0 Å². The van der Waals surface area contributed by atoms with Gasteiger partial charge in [0, 0.05) is 23.5 Å². The third-order valence-electron chi connectivity index (χ3n) is 2.68. The molecule has 0 bridgehead atoms. The Balaban J connectivity index is 2.06. The van der Waals surface area contributed by atoms with Crippen LogP contribution in [0.4, 0.5) is 11.4 Å². The summed E-state index contributed by atoms with van der Waals surface area (Å²) in [6.45, 7) is 4.01. The van der Waals surface area contributed by atoms with Crippen LogP contribution >= 0.6 is 11.8 Å². The first-order valence-corrected chi connectivity index (χ1v) is 7.21. The van der Waals surface area contributed by atoms with E-state index in [1.165, 1.54) is 17.9 Å². The third-order valence-corrected chi connectivity index (χ3v) is 3.84. The summed E-state index contributed by atoms with van der Waals surface area (Å²) < 4.78 is 5.68. The topological polar surface area (TPSA) is 47.3 Å². The van der Waals surface area contributed by atoms with Gasteiger partial charge < -0.3 is 15.8 Å². The molecule has 0 saturated carbocycles. The highest BCUT2D eigenvalue weighted by Gasteiger charge is 2.15. The molecule has 3 N–H and O–H groups in total. The summed E-state index contributed by atoms with van der Waals surface area (Å²) in [5, 5.41) is 3.53. The third kappa shape index (κ3) is 3.46. The number of hydrogen-bond acceptors (Lipinski definition) is 4. The Labute approximate surface area is 107 Å². The molecule has 17 heavy (non-hydrogen) atoms. The van der Waals surface area contributed by atoms with Crippen LogP contribution in [0.5, 0.6) is 5.75 Å². The van der Waals surface area contributed by atoms with Crippen LogP contribution in [-0.4, -0.2) is 23.7 Å². The standard InChI is InChI=1S/C13H20N2OS/c1-9(2)16-13-7-10(3-4-12(13)14)15-11-5-6-17-8-11/h3-4,7,9,11,15H,5-6,8,14H2,1-2H3. The van der Waals surface area contributed by atoms with Crippen molar-refractivity contribution in [2.24, 2.45) is 0 Å². The number of nitrogens with two attached hydrogens (primary N) is 1. The molecule has 1 heterocycles. The van der Waals surface area contributed by atoms with Gasteiger partial charge in [-0.1, -0.05) is 0 Å². The Bertz CT molecular complexity index is 376. The number of hydrogen-bond donors (Lipinski definition) is 2. The van der Waals surface area contributed by atoms with Crippen LogP contribution in [0.2, 0.25) is 0 Å². The molecule has 0 aromatic heterocycles. The number of nitrogens with one attached hydrogen (secondary N) is 1. The normalized spacial score (nSPS) is 19.6. The van der Waals surface area contributed by atoms with Gasteiger partial charge in [-0.15, -0.1) is 0 Å². The first kappa shape index (κ1) is 12.4. The fourth-order valence-electron chi connectivity index (χ4n) is 1.86. The Morgan fingerprint density at radius 2 is 2.29 bits per heavy atom. The Hall–Kier alpha value is -1.03. The number of anilines is 2. The van der Waals surface area contributed by atoms with Gasteiger partial charge in [0.1, 0.15) is 5.75 Å². The van der Waals surface area contributed by atoms with E-state index in [9.17, 15) is 0 Å². The van der Waals surface area contributed by atoms with Gasteiger partial charge in [0.25, 0.3) is 0 Å². The molecule has 1 aliphatic heterocycles. The molecule has 1 fully saturated rings. The van der Waals surface area contributed by atoms with E-state index >= 15 is 0 Å². The summed E-state index contributed by atoms with van der Waals surface area (Å²) in [7, 11) is 0. The summed E-state index contributed by atoms with van der Waals surface area (Å²) in [6.07, 6.45) is 1.38. The van der Waals surface area contributed by atoms with Gasteiger partial charge in [-0.3, -0.25) is 0 Å². The van der Waals surface area contributed by atoms with Gasteiger partial charge in [0.15, 0.2) is 0 Å². The summed E-state index contributed by atoms with van der Waals surface area (Å²) in [5.41, 5.74) is 7.69. The van der Waals surface area contributed by atoms with Gasteiger partial charge in [-0.2, -0.15) is 11.8 Å². The van der Waals surface area contributed by atoms with Crippen molar-refractivity contribution in [3.8, 4) is 5.75 Å². The second-order valence-electron chi connectivity index (χ2n) is 4.62. The van der Waals surface area contributed by atoms with Gasteiger partial charge in [-0.05, 0) is 38.2 Å². The fraction of sp³-hybridized carbons (Fsp3) is 0.538. The van der Waals surface area contributed by atoms with E-state index in [1.54, 1.807) is 0 Å². The molecule has 3 nitrogen and oxygen atoms in total. The maximum absolute atomic E-state index is 5.89. The molecule has 0 radical (unpaired) electrons. The van der Waals surface area contributed by atoms with Crippen molar-refractivity contribution in [2.75, 3.05) is 22.6 Å². The smallest absolute Gasteiger partial charge is 0.144 e. The van der Waals surface area contributed by atoms with E-state index in [-0.39, 0.29) is 6.10 Å². The molecule has 1 saturated heterocycles. The van der Waals surface area contributed by atoms with Crippen LogP contribution < -0.4 is 15.8 Å². The highest BCUT2D eigenvalue weighted by atomic mass is 32.2. The van der Waals surface area contributed by atoms with E-state index in [0.717, 1.165) is 11.4 Å². The highest BCUT2D eigenvalue weighted by Crippen LogP contribution is 2.28. The average molecular weight is 252 g/mol. The van der Waals surface area contributed by atoms with Crippen LogP contribution in [0.3, 0.4) is 0 Å². The Kier molecular flexibility index (Phi) is 4.05. The van der Waals surface area contributed by atoms with Crippen LogP contribution in [0.25, 0.3) is 0 Å². The van der Waals surface area contributed by atoms with Gasteiger partial charge >= 0.3 is 0 Å². The molecule has 0 amide bonds. The second-order valence-corrected chi connectivity index (χ2v) is 5.77. The van der Waals surface area contributed by atoms with E-state index in [2.05, 4.69) is 5.32 Å². The number of nitrogen functional groups attached to an aromatic ring is 1. The van der Waals surface area contributed by atoms with Crippen molar-refractivity contribution in [3.05, 3.63) is 18.2 Å². The minimum Gasteiger partial charge on any atom is -0.489 e. The van der Waals surface area contributed by atoms with E-state index in [4.69, 9.17) is 10.5 Å². The molecule has 1 aromatic rings. The second kappa shape index (κ2) is 5.54. The van der Waals surface area contributed by atoms with E-state index < -0.39 is 0 Å². The quantitative estimate of drug-likeness (QED) is 0.809. The summed E-state index contributed by atoms with van der Waals surface area (Å²) in [5.74, 6) is 3.21. The molecule has 2 rings (SSSR count). The zero-order valence-corrected chi connectivity index (χ0v) is 11.2. The largest absolute Gasteiger partial charge is 0.489 e. The Morgan fingerprint density at radius 1 is 1.47 bits per heavy atom. The summed E-state index contributed by atoms with van der Waals surface area (Å²) >= 11 is 2.00. The minimum absolute atomic E-state index is 0.148. The van der Waals surface area contributed by atoms with Gasteiger partial charge in [0.05, 0.1) is 11.8 Å². The molecule has 94 valence electrons. The van der Waals surface area contributed by atoms with Crippen molar-refractivity contribution in [3.63, 3.8) is 0 Å². The minimum atomic E-state index is 0.148. The monoisotopic (exact) mass is 252 g/mol. The molecule has 4 heteroatoms. The fourth-order valence-corrected chi connectivity index (χ4v) is 3.02. The van der Waals surface area contributed by atoms with Crippen molar-refractivity contribution in [2.45, 2.75) is 32.4 Å². The maximum atomic E-state index is 5.89. The van der Waals surface area contributed by atoms with Gasteiger partial charge in [-0.25, -0.2) is 0 Å². The first-order valence-electron chi connectivity index (χ1n) is 6.05. The molecule has 0 aliphatic carbocycles. The molecule has 1 atom stereocenters. The predicted molar refractivity (Wildman–Crippen MR) is 76.0 cm³/mol. The van der Waals surface area contributed by atoms with E-state index in [0.29, 0.717) is 11.7 Å². The van der Waals surface area contributed by atoms with Crippen molar-refractivity contribution < 1.29 is 4.74 Å². The first-order chi connectivity index (χ1) is 8.15. The van der Waals surface area contributed by atoms with Gasteiger partial charge in [0.2, 0.25) is 0 Å². The molecule has 1 aromatic carbocycles. The molecule has 1 aliphatic rings. The summed E-state index contributed by atoms with van der Waals surface area (Å²) in [6, 6.07) is 6.50. The lowest BCUT2D eigenvalue weighted by atomic mass is 10.2. The predicted octanol–water partition coefficient (Wildman–Crippen LogP) is 2.97. The highest BCUT2D eigenvalue weighted by molar-refractivity contribution is 7.99. The number of rotatable bonds is 4. The number of thioether (sulfide) groups is 1.